The third kappa shape index (κ3) is 1.30. The predicted octanol–water partition coefficient (Wildman–Crippen LogP) is 1.98. The minimum Gasteiger partial charge on any atom is -0.384 e. The van der Waals surface area contributed by atoms with Gasteiger partial charge in [0.2, 0.25) is 0 Å². The first-order chi connectivity index (χ1) is 6.65. The molecule has 0 radical (unpaired) electrons. The summed E-state index contributed by atoms with van der Waals surface area (Å²) in [4.78, 5) is 0. The second-order valence-electron chi connectivity index (χ2n) is 3.71. The number of benzene rings is 1. The molecule has 0 aromatic heterocycles. The lowest BCUT2D eigenvalue weighted by molar-refractivity contribution is 0.0441. The molecule has 1 atom stereocenters. The molecule has 0 aliphatic heterocycles. The highest BCUT2D eigenvalue weighted by Gasteiger charge is 2.35. The van der Waals surface area contributed by atoms with Crippen LogP contribution in [0, 0.1) is 18.2 Å². The monoisotopic (exact) mass is 190 g/mol. The van der Waals surface area contributed by atoms with Crippen molar-refractivity contribution in [1.29, 1.82) is 0 Å². The smallest absolute Gasteiger partial charge is 0.123 e. The van der Waals surface area contributed by atoms with Gasteiger partial charge in [-0.05, 0) is 36.1 Å². The molecule has 1 nitrogen and oxygen atoms in total. The van der Waals surface area contributed by atoms with Crippen LogP contribution in [0.1, 0.15) is 24.0 Å². The molecule has 0 saturated heterocycles. The summed E-state index contributed by atoms with van der Waals surface area (Å²) < 4.78 is 12.9. The molecule has 1 aromatic carbocycles. The van der Waals surface area contributed by atoms with Crippen LogP contribution < -0.4 is 0 Å². The fraction of sp³-hybridized carbons (Fsp3) is 0.333. The van der Waals surface area contributed by atoms with Gasteiger partial charge in [-0.3, -0.25) is 0 Å². The van der Waals surface area contributed by atoms with E-state index in [1.165, 1.54) is 12.1 Å². The van der Waals surface area contributed by atoms with Crippen LogP contribution in [0.15, 0.2) is 18.2 Å². The number of aliphatic hydroxyl groups is 1. The highest BCUT2D eigenvalue weighted by atomic mass is 19.1. The maximum absolute atomic E-state index is 12.9. The van der Waals surface area contributed by atoms with Gasteiger partial charge in [-0.15, -0.1) is 12.3 Å². The Morgan fingerprint density at radius 1 is 1.57 bits per heavy atom. The molecule has 0 bridgehead atoms. The number of rotatable bonds is 1. The van der Waals surface area contributed by atoms with Gasteiger partial charge in [0.25, 0.3) is 0 Å². The van der Waals surface area contributed by atoms with Gasteiger partial charge in [-0.2, -0.15) is 0 Å². The zero-order valence-corrected chi connectivity index (χ0v) is 7.76. The fourth-order valence-electron chi connectivity index (χ4n) is 2.05. The van der Waals surface area contributed by atoms with Crippen LogP contribution in [0.3, 0.4) is 0 Å². The summed E-state index contributed by atoms with van der Waals surface area (Å²) in [6.45, 7) is 0. The van der Waals surface area contributed by atoms with E-state index < -0.39 is 5.60 Å². The lowest BCUT2D eigenvalue weighted by atomic mass is 9.93. The average Bonchev–Trinajstić information content (AvgIpc) is 2.44. The Balaban J connectivity index is 2.45. The van der Waals surface area contributed by atoms with Gasteiger partial charge in [-0.1, -0.05) is 6.07 Å². The molecule has 0 spiro atoms. The second kappa shape index (κ2) is 3.11. The van der Waals surface area contributed by atoms with Gasteiger partial charge in [0, 0.05) is 6.42 Å². The molecular formula is C12H11FO. The largest absolute Gasteiger partial charge is 0.384 e. The topological polar surface area (TPSA) is 20.2 Å². The second-order valence-corrected chi connectivity index (χ2v) is 3.71. The van der Waals surface area contributed by atoms with Gasteiger partial charge < -0.3 is 5.11 Å². The SMILES string of the molecule is C#CCC1(O)CCc2cc(F)ccc21. The standard InChI is InChI=1S/C12H11FO/c1-2-6-12(14)7-5-9-8-10(13)3-4-11(9)12/h1,3-4,8,14H,5-7H2. The van der Waals surface area contributed by atoms with E-state index in [9.17, 15) is 9.50 Å². The molecule has 2 rings (SSSR count). The molecule has 1 aliphatic rings. The molecule has 0 heterocycles. The summed E-state index contributed by atoms with van der Waals surface area (Å²) in [7, 11) is 0. The van der Waals surface area contributed by atoms with Gasteiger partial charge in [0.1, 0.15) is 11.4 Å². The van der Waals surface area contributed by atoms with Crippen LogP contribution in [0.25, 0.3) is 0 Å². The summed E-state index contributed by atoms with van der Waals surface area (Å²) in [5, 5.41) is 10.2. The molecular weight excluding hydrogens is 179 g/mol. The van der Waals surface area contributed by atoms with E-state index in [0.29, 0.717) is 19.3 Å². The third-order valence-corrected chi connectivity index (χ3v) is 2.77. The van der Waals surface area contributed by atoms with Crippen molar-refractivity contribution >= 4 is 0 Å². The van der Waals surface area contributed by atoms with E-state index in [1.807, 2.05) is 0 Å². The van der Waals surface area contributed by atoms with E-state index in [1.54, 1.807) is 6.07 Å². The number of hydrogen-bond acceptors (Lipinski definition) is 1. The lowest BCUT2D eigenvalue weighted by Gasteiger charge is -2.20. The van der Waals surface area contributed by atoms with Crippen LogP contribution in [-0.4, -0.2) is 5.11 Å². The van der Waals surface area contributed by atoms with Crippen LogP contribution in [0.2, 0.25) is 0 Å². The Hall–Kier alpha value is -1.33. The molecule has 0 saturated carbocycles. The first kappa shape index (κ1) is 9.23. The predicted molar refractivity (Wildman–Crippen MR) is 52.1 cm³/mol. The summed E-state index contributed by atoms with van der Waals surface area (Å²) >= 11 is 0. The van der Waals surface area contributed by atoms with E-state index in [0.717, 1.165) is 11.1 Å². The number of hydrogen-bond donors (Lipinski definition) is 1. The molecule has 2 heteroatoms. The van der Waals surface area contributed by atoms with Crippen molar-refractivity contribution < 1.29 is 9.50 Å². The summed E-state index contributed by atoms with van der Waals surface area (Å²) in [6, 6.07) is 4.48. The summed E-state index contributed by atoms with van der Waals surface area (Å²) in [5.74, 6) is 2.21. The Kier molecular flexibility index (Phi) is 2.05. The molecule has 1 aliphatic carbocycles. The molecule has 1 unspecified atom stereocenters. The van der Waals surface area contributed by atoms with Crippen molar-refractivity contribution in [3.63, 3.8) is 0 Å². The minimum atomic E-state index is -0.933. The van der Waals surface area contributed by atoms with Crippen molar-refractivity contribution in [2.75, 3.05) is 0 Å². The first-order valence-corrected chi connectivity index (χ1v) is 4.60. The van der Waals surface area contributed by atoms with Gasteiger partial charge in [0.05, 0.1) is 0 Å². The number of terminal acetylenes is 1. The zero-order valence-electron chi connectivity index (χ0n) is 7.76. The lowest BCUT2D eigenvalue weighted by Crippen LogP contribution is -2.21. The Bertz CT molecular complexity index is 405. The Labute approximate surface area is 82.6 Å². The van der Waals surface area contributed by atoms with Crippen molar-refractivity contribution in [2.45, 2.75) is 24.9 Å². The van der Waals surface area contributed by atoms with Crippen molar-refractivity contribution in [2.24, 2.45) is 0 Å². The maximum Gasteiger partial charge on any atom is 0.123 e. The van der Waals surface area contributed by atoms with Crippen molar-refractivity contribution in [3.8, 4) is 12.3 Å². The maximum atomic E-state index is 12.9. The van der Waals surface area contributed by atoms with E-state index in [-0.39, 0.29) is 5.82 Å². The molecule has 14 heavy (non-hydrogen) atoms. The first-order valence-electron chi connectivity index (χ1n) is 4.60. The Morgan fingerprint density at radius 2 is 2.36 bits per heavy atom. The highest BCUT2D eigenvalue weighted by molar-refractivity contribution is 5.38. The number of halogens is 1. The fourth-order valence-corrected chi connectivity index (χ4v) is 2.05. The van der Waals surface area contributed by atoms with Gasteiger partial charge in [-0.25, -0.2) is 4.39 Å². The van der Waals surface area contributed by atoms with Crippen LogP contribution >= 0.6 is 0 Å². The average molecular weight is 190 g/mol. The van der Waals surface area contributed by atoms with Crippen LogP contribution in [-0.2, 0) is 12.0 Å². The van der Waals surface area contributed by atoms with Gasteiger partial charge in [0.15, 0.2) is 0 Å². The zero-order chi connectivity index (χ0) is 10.2. The van der Waals surface area contributed by atoms with E-state index in [2.05, 4.69) is 5.92 Å². The van der Waals surface area contributed by atoms with Crippen molar-refractivity contribution in [3.05, 3.63) is 35.1 Å². The molecule has 0 amide bonds. The van der Waals surface area contributed by atoms with Crippen LogP contribution in [0.5, 0.6) is 0 Å². The minimum absolute atomic E-state index is 0.256. The van der Waals surface area contributed by atoms with Crippen molar-refractivity contribution in [1.82, 2.24) is 0 Å². The molecule has 1 N–H and O–H groups in total. The molecule has 1 aromatic rings. The normalized spacial score (nSPS) is 24.4. The summed E-state index contributed by atoms with van der Waals surface area (Å²) in [5.41, 5.74) is 0.734. The molecule has 0 fully saturated rings. The highest BCUT2D eigenvalue weighted by Crippen LogP contribution is 2.39. The molecule has 72 valence electrons. The quantitative estimate of drug-likeness (QED) is 0.671. The van der Waals surface area contributed by atoms with Gasteiger partial charge >= 0.3 is 0 Å². The van der Waals surface area contributed by atoms with E-state index >= 15 is 0 Å². The van der Waals surface area contributed by atoms with E-state index in [4.69, 9.17) is 6.42 Å². The summed E-state index contributed by atoms with van der Waals surface area (Å²) in [6.07, 6.45) is 6.79. The number of fused-ring (bicyclic) bond motifs is 1. The Morgan fingerprint density at radius 3 is 3.07 bits per heavy atom. The van der Waals surface area contributed by atoms with Crippen LogP contribution in [0.4, 0.5) is 4.39 Å². The third-order valence-electron chi connectivity index (χ3n) is 2.77. The number of aryl methyl sites for hydroxylation is 1.